The number of esters is 1. The molecule has 0 spiro atoms. The molecule has 18 heavy (non-hydrogen) atoms. The molecule has 0 radical (unpaired) electrons. The van der Waals surface area contributed by atoms with E-state index in [2.05, 4.69) is 6.92 Å². The number of aliphatic hydroxyl groups is 1. The van der Waals surface area contributed by atoms with E-state index in [1.54, 1.807) is 0 Å². The molecule has 0 saturated heterocycles. The molecule has 2 saturated carbocycles. The van der Waals surface area contributed by atoms with Crippen molar-refractivity contribution in [2.45, 2.75) is 64.6 Å². The lowest BCUT2D eigenvalue weighted by Crippen LogP contribution is -2.52. The predicted molar refractivity (Wildman–Crippen MR) is 67.9 cm³/mol. The second-order valence-electron chi connectivity index (χ2n) is 6.87. The van der Waals surface area contributed by atoms with Crippen LogP contribution in [0.2, 0.25) is 0 Å². The molecule has 1 aliphatic heterocycles. The summed E-state index contributed by atoms with van der Waals surface area (Å²) in [6.07, 6.45) is 4.76. The Morgan fingerprint density at radius 3 is 2.78 bits per heavy atom. The first-order valence-corrected chi connectivity index (χ1v) is 6.96. The molecule has 0 unspecified atom stereocenters. The standard InChI is InChI=1S/C15H22O3/c1-9-10-7-12-14(2,5-4-6-15(12,3)17)8-11(10)18-13(9)16/h11-12,17H,4-8H2,1-3H3/t11-,12+,14+,15-/m0/s1. The number of carbonyl (C=O) groups is 1. The van der Waals surface area contributed by atoms with Gasteiger partial charge in [0.25, 0.3) is 0 Å². The molecule has 3 rings (SSSR count). The molecular formula is C15H22O3. The fourth-order valence-corrected chi connectivity index (χ4v) is 4.41. The molecular weight excluding hydrogens is 228 g/mol. The summed E-state index contributed by atoms with van der Waals surface area (Å²) in [7, 11) is 0. The third-order valence-electron chi connectivity index (χ3n) is 5.52. The van der Waals surface area contributed by atoms with E-state index in [9.17, 15) is 9.90 Å². The number of hydrogen-bond donors (Lipinski definition) is 1. The van der Waals surface area contributed by atoms with Gasteiger partial charge in [-0.1, -0.05) is 13.3 Å². The van der Waals surface area contributed by atoms with Crippen LogP contribution >= 0.6 is 0 Å². The highest BCUT2D eigenvalue weighted by Crippen LogP contribution is 2.57. The lowest BCUT2D eigenvalue weighted by atomic mass is 9.54. The summed E-state index contributed by atoms with van der Waals surface area (Å²) in [6, 6.07) is 0. The third-order valence-corrected chi connectivity index (χ3v) is 5.52. The van der Waals surface area contributed by atoms with Gasteiger partial charge in [0.05, 0.1) is 5.60 Å². The fourth-order valence-electron chi connectivity index (χ4n) is 4.41. The molecule has 0 aromatic heterocycles. The van der Waals surface area contributed by atoms with E-state index >= 15 is 0 Å². The van der Waals surface area contributed by atoms with Crippen molar-refractivity contribution < 1.29 is 14.6 Å². The molecule has 0 bridgehead atoms. The zero-order valence-corrected chi connectivity index (χ0v) is 11.5. The van der Waals surface area contributed by atoms with Gasteiger partial charge in [0, 0.05) is 5.57 Å². The van der Waals surface area contributed by atoms with Gasteiger partial charge in [-0.2, -0.15) is 0 Å². The SMILES string of the molecule is CC1=C2C[C@@H]3[C@](C)(CCC[C@]3(C)O)C[C@@H]2OC1=O. The number of fused-ring (bicyclic) bond motifs is 2. The van der Waals surface area contributed by atoms with E-state index in [1.165, 1.54) is 0 Å². The van der Waals surface area contributed by atoms with E-state index in [-0.39, 0.29) is 23.4 Å². The Hall–Kier alpha value is -0.830. The molecule has 0 aromatic rings. The Kier molecular flexibility index (Phi) is 2.44. The highest BCUT2D eigenvalue weighted by atomic mass is 16.5. The molecule has 2 fully saturated rings. The number of ether oxygens (including phenoxy) is 1. The van der Waals surface area contributed by atoms with Crippen molar-refractivity contribution in [1.82, 2.24) is 0 Å². The van der Waals surface area contributed by atoms with Crippen molar-refractivity contribution in [3.05, 3.63) is 11.1 Å². The normalized spacial score (nSPS) is 47.7. The second kappa shape index (κ2) is 3.60. The van der Waals surface area contributed by atoms with Crippen molar-refractivity contribution in [3.8, 4) is 0 Å². The minimum Gasteiger partial charge on any atom is -0.454 e. The number of hydrogen-bond acceptors (Lipinski definition) is 3. The van der Waals surface area contributed by atoms with E-state index < -0.39 is 5.60 Å². The summed E-state index contributed by atoms with van der Waals surface area (Å²) in [6.45, 7) is 6.07. The summed E-state index contributed by atoms with van der Waals surface area (Å²) in [5, 5.41) is 10.7. The van der Waals surface area contributed by atoms with E-state index in [0.717, 1.165) is 43.3 Å². The molecule has 0 aromatic carbocycles. The average Bonchev–Trinajstić information content (AvgIpc) is 2.51. The smallest absolute Gasteiger partial charge is 0.334 e. The van der Waals surface area contributed by atoms with Crippen LogP contribution < -0.4 is 0 Å². The van der Waals surface area contributed by atoms with Gasteiger partial charge in [0.15, 0.2) is 0 Å². The van der Waals surface area contributed by atoms with Crippen LogP contribution in [0.4, 0.5) is 0 Å². The van der Waals surface area contributed by atoms with Crippen LogP contribution in [-0.2, 0) is 9.53 Å². The molecule has 1 heterocycles. The summed E-state index contributed by atoms with van der Waals surface area (Å²) in [5.74, 6) is 0.103. The number of carbonyl (C=O) groups excluding carboxylic acids is 1. The minimum atomic E-state index is -0.600. The zero-order valence-electron chi connectivity index (χ0n) is 11.5. The van der Waals surface area contributed by atoms with Crippen molar-refractivity contribution in [1.29, 1.82) is 0 Å². The van der Waals surface area contributed by atoms with E-state index in [4.69, 9.17) is 4.74 Å². The first kappa shape index (κ1) is 12.2. The topological polar surface area (TPSA) is 46.5 Å². The van der Waals surface area contributed by atoms with Gasteiger partial charge >= 0.3 is 5.97 Å². The highest BCUT2D eigenvalue weighted by molar-refractivity contribution is 5.91. The van der Waals surface area contributed by atoms with Gasteiger partial charge in [0.1, 0.15) is 6.10 Å². The van der Waals surface area contributed by atoms with E-state index in [1.807, 2.05) is 13.8 Å². The van der Waals surface area contributed by atoms with Crippen molar-refractivity contribution in [2.24, 2.45) is 11.3 Å². The first-order chi connectivity index (χ1) is 8.33. The van der Waals surface area contributed by atoms with Crippen LogP contribution in [0, 0.1) is 11.3 Å². The maximum atomic E-state index is 11.7. The van der Waals surface area contributed by atoms with Crippen LogP contribution in [0.5, 0.6) is 0 Å². The highest BCUT2D eigenvalue weighted by Gasteiger charge is 2.54. The predicted octanol–water partition coefficient (Wildman–Crippen LogP) is 2.58. The molecule has 100 valence electrons. The van der Waals surface area contributed by atoms with Gasteiger partial charge in [0.2, 0.25) is 0 Å². The van der Waals surface area contributed by atoms with Gasteiger partial charge < -0.3 is 9.84 Å². The maximum Gasteiger partial charge on any atom is 0.334 e. The lowest BCUT2D eigenvalue weighted by molar-refractivity contribution is -0.147. The van der Waals surface area contributed by atoms with Crippen LogP contribution in [0.3, 0.4) is 0 Å². The summed E-state index contributed by atoms with van der Waals surface area (Å²) in [4.78, 5) is 11.7. The Morgan fingerprint density at radius 1 is 1.33 bits per heavy atom. The van der Waals surface area contributed by atoms with Crippen molar-refractivity contribution in [3.63, 3.8) is 0 Å². The molecule has 2 aliphatic carbocycles. The number of rotatable bonds is 0. The quantitative estimate of drug-likeness (QED) is 0.672. The first-order valence-electron chi connectivity index (χ1n) is 6.96. The van der Waals surface area contributed by atoms with Gasteiger partial charge in [-0.25, -0.2) is 4.79 Å². The molecule has 1 N–H and O–H groups in total. The Bertz CT molecular complexity index is 435. The third kappa shape index (κ3) is 1.56. The van der Waals surface area contributed by atoms with Crippen LogP contribution in [0.25, 0.3) is 0 Å². The maximum absolute atomic E-state index is 11.7. The summed E-state index contributed by atoms with van der Waals surface area (Å²) >= 11 is 0. The Balaban J connectivity index is 1.98. The largest absolute Gasteiger partial charge is 0.454 e. The fraction of sp³-hybridized carbons (Fsp3) is 0.800. The van der Waals surface area contributed by atoms with E-state index in [0.29, 0.717) is 0 Å². The summed E-state index contributed by atoms with van der Waals surface area (Å²) in [5.41, 5.74) is 1.44. The Morgan fingerprint density at radius 2 is 2.06 bits per heavy atom. The zero-order chi connectivity index (χ0) is 13.1. The monoisotopic (exact) mass is 250 g/mol. The van der Waals surface area contributed by atoms with Crippen molar-refractivity contribution >= 4 is 5.97 Å². The van der Waals surface area contributed by atoms with Gasteiger partial charge in [-0.3, -0.25) is 0 Å². The molecule has 3 aliphatic rings. The molecule has 3 nitrogen and oxygen atoms in total. The van der Waals surface area contributed by atoms with Crippen molar-refractivity contribution in [2.75, 3.05) is 0 Å². The second-order valence-corrected chi connectivity index (χ2v) is 6.87. The summed E-state index contributed by atoms with van der Waals surface area (Å²) < 4.78 is 5.47. The van der Waals surface area contributed by atoms with Gasteiger partial charge in [-0.15, -0.1) is 0 Å². The van der Waals surface area contributed by atoms with Crippen LogP contribution in [-0.4, -0.2) is 22.8 Å². The van der Waals surface area contributed by atoms with Crippen LogP contribution in [0.15, 0.2) is 11.1 Å². The molecule has 3 heteroatoms. The Labute approximate surface area is 108 Å². The average molecular weight is 250 g/mol. The van der Waals surface area contributed by atoms with Crippen LogP contribution in [0.1, 0.15) is 52.9 Å². The molecule has 4 atom stereocenters. The minimum absolute atomic E-state index is 0.0207. The lowest BCUT2D eigenvalue weighted by Gasteiger charge is -2.53. The molecule has 0 amide bonds. The van der Waals surface area contributed by atoms with Gasteiger partial charge in [-0.05, 0) is 56.4 Å².